The first-order chi connectivity index (χ1) is 9.16. The minimum absolute atomic E-state index is 0.109. The van der Waals surface area contributed by atoms with Gasteiger partial charge in [0.05, 0.1) is 5.75 Å². The Balaban J connectivity index is 1.93. The van der Waals surface area contributed by atoms with E-state index in [2.05, 4.69) is 15.3 Å². The molecule has 1 heterocycles. The van der Waals surface area contributed by atoms with Gasteiger partial charge in [0.25, 0.3) is 0 Å². The number of amides is 1. The van der Waals surface area contributed by atoms with E-state index in [9.17, 15) is 4.79 Å². The summed E-state index contributed by atoms with van der Waals surface area (Å²) in [5.41, 5.74) is 1.59. The zero-order valence-corrected chi connectivity index (χ0v) is 11.8. The maximum Gasteiger partial charge on any atom is 0.234 e. The fourth-order valence-electron chi connectivity index (χ4n) is 1.42. The van der Waals surface area contributed by atoms with Crippen molar-refractivity contribution in [3.63, 3.8) is 0 Å². The average molecular weight is 294 g/mol. The molecular formula is C13H12ClN3OS. The third-order valence-corrected chi connectivity index (χ3v) is 3.70. The molecular weight excluding hydrogens is 282 g/mol. The highest BCUT2D eigenvalue weighted by atomic mass is 35.5. The lowest BCUT2D eigenvalue weighted by molar-refractivity contribution is -0.113. The van der Waals surface area contributed by atoms with Crippen molar-refractivity contribution < 1.29 is 4.79 Å². The predicted molar refractivity (Wildman–Crippen MR) is 77.6 cm³/mol. The van der Waals surface area contributed by atoms with Gasteiger partial charge in [-0.15, -0.1) is 0 Å². The molecule has 1 aromatic heterocycles. The smallest absolute Gasteiger partial charge is 0.234 e. The molecule has 0 spiro atoms. The Morgan fingerprint density at radius 3 is 2.79 bits per heavy atom. The Kier molecular flexibility index (Phi) is 4.76. The van der Waals surface area contributed by atoms with Crippen LogP contribution in [0.1, 0.15) is 5.56 Å². The Morgan fingerprint density at radius 1 is 1.32 bits per heavy atom. The number of carbonyl (C=O) groups excluding carboxylic acids is 1. The van der Waals surface area contributed by atoms with Crippen molar-refractivity contribution in [2.45, 2.75) is 12.1 Å². The molecule has 2 rings (SSSR count). The van der Waals surface area contributed by atoms with Gasteiger partial charge < -0.3 is 5.32 Å². The fraction of sp³-hybridized carbons (Fsp3) is 0.154. The monoisotopic (exact) mass is 293 g/mol. The highest BCUT2D eigenvalue weighted by Gasteiger charge is 2.08. The van der Waals surface area contributed by atoms with Gasteiger partial charge in [-0.2, -0.15) is 0 Å². The van der Waals surface area contributed by atoms with Crippen LogP contribution in [-0.2, 0) is 4.79 Å². The van der Waals surface area contributed by atoms with Crippen LogP contribution < -0.4 is 5.32 Å². The molecule has 0 fully saturated rings. The van der Waals surface area contributed by atoms with Crippen molar-refractivity contribution in [3.8, 4) is 0 Å². The number of benzene rings is 1. The molecule has 0 bridgehead atoms. The zero-order chi connectivity index (χ0) is 13.7. The third-order valence-electron chi connectivity index (χ3n) is 2.42. The van der Waals surface area contributed by atoms with Gasteiger partial charge in [-0.25, -0.2) is 9.97 Å². The van der Waals surface area contributed by atoms with Crippen LogP contribution in [0.2, 0.25) is 5.02 Å². The summed E-state index contributed by atoms with van der Waals surface area (Å²) in [7, 11) is 0. The van der Waals surface area contributed by atoms with E-state index in [-0.39, 0.29) is 11.7 Å². The van der Waals surface area contributed by atoms with Gasteiger partial charge in [0.1, 0.15) is 0 Å². The third kappa shape index (κ3) is 3.94. The summed E-state index contributed by atoms with van der Waals surface area (Å²) in [4.78, 5) is 19.9. The second-order valence-corrected chi connectivity index (χ2v) is 5.13. The summed E-state index contributed by atoms with van der Waals surface area (Å²) in [6.45, 7) is 1.87. The largest absolute Gasteiger partial charge is 0.325 e. The van der Waals surface area contributed by atoms with Gasteiger partial charge in [0.2, 0.25) is 5.91 Å². The molecule has 2 aromatic rings. The van der Waals surface area contributed by atoms with E-state index in [0.717, 1.165) is 11.3 Å². The first-order valence-corrected chi connectivity index (χ1v) is 6.98. The number of carbonyl (C=O) groups is 1. The SMILES string of the molecule is Cc1c(Cl)cccc1NC(=O)CSc1ncccn1. The summed E-state index contributed by atoms with van der Waals surface area (Å²) in [6.07, 6.45) is 3.29. The Bertz CT molecular complexity index is 577. The van der Waals surface area contributed by atoms with E-state index >= 15 is 0 Å². The topological polar surface area (TPSA) is 54.9 Å². The van der Waals surface area contributed by atoms with E-state index in [1.54, 1.807) is 30.6 Å². The Morgan fingerprint density at radius 2 is 2.05 bits per heavy atom. The Hall–Kier alpha value is -1.59. The van der Waals surface area contributed by atoms with Crippen LogP contribution in [0.15, 0.2) is 41.8 Å². The van der Waals surface area contributed by atoms with Gasteiger partial charge in [-0.3, -0.25) is 4.79 Å². The molecule has 98 valence electrons. The van der Waals surface area contributed by atoms with Crippen LogP contribution in [-0.4, -0.2) is 21.6 Å². The van der Waals surface area contributed by atoms with Crippen molar-refractivity contribution in [1.29, 1.82) is 0 Å². The number of nitrogens with zero attached hydrogens (tertiary/aromatic N) is 2. The van der Waals surface area contributed by atoms with Crippen molar-refractivity contribution in [1.82, 2.24) is 9.97 Å². The van der Waals surface area contributed by atoms with E-state index in [4.69, 9.17) is 11.6 Å². The van der Waals surface area contributed by atoms with Crippen molar-refractivity contribution >= 4 is 35.0 Å². The number of thioether (sulfide) groups is 1. The van der Waals surface area contributed by atoms with Crippen molar-refractivity contribution in [2.75, 3.05) is 11.1 Å². The maximum atomic E-state index is 11.8. The summed E-state index contributed by atoms with van der Waals surface area (Å²) in [5.74, 6) is 0.151. The molecule has 0 unspecified atom stereocenters. The minimum atomic E-state index is -0.109. The summed E-state index contributed by atoms with van der Waals surface area (Å²) in [5, 5.41) is 4.04. The van der Waals surface area contributed by atoms with Crippen LogP contribution in [0.4, 0.5) is 5.69 Å². The molecule has 0 saturated carbocycles. The molecule has 0 saturated heterocycles. The number of aromatic nitrogens is 2. The normalized spacial score (nSPS) is 10.2. The lowest BCUT2D eigenvalue weighted by Crippen LogP contribution is -2.15. The van der Waals surface area contributed by atoms with Crippen LogP contribution in [0, 0.1) is 6.92 Å². The number of anilines is 1. The van der Waals surface area contributed by atoms with Crippen molar-refractivity contribution in [2.24, 2.45) is 0 Å². The van der Waals surface area contributed by atoms with Gasteiger partial charge >= 0.3 is 0 Å². The predicted octanol–water partition coefficient (Wildman–Crippen LogP) is 3.17. The second kappa shape index (κ2) is 6.54. The first-order valence-electron chi connectivity index (χ1n) is 5.61. The van der Waals surface area contributed by atoms with E-state index < -0.39 is 0 Å². The number of nitrogens with one attached hydrogen (secondary N) is 1. The quantitative estimate of drug-likeness (QED) is 0.695. The summed E-state index contributed by atoms with van der Waals surface area (Å²) >= 11 is 7.28. The molecule has 1 aromatic carbocycles. The Labute approximate surface area is 120 Å². The van der Waals surface area contributed by atoms with Crippen LogP contribution >= 0.6 is 23.4 Å². The second-order valence-electron chi connectivity index (χ2n) is 3.78. The van der Waals surface area contributed by atoms with E-state index in [1.165, 1.54) is 11.8 Å². The fourth-order valence-corrected chi connectivity index (χ4v) is 2.20. The van der Waals surface area contributed by atoms with Crippen LogP contribution in [0.25, 0.3) is 0 Å². The van der Waals surface area contributed by atoms with Gasteiger partial charge in [-0.1, -0.05) is 29.4 Å². The van der Waals surface area contributed by atoms with Gasteiger partial charge in [-0.05, 0) is 30.7 Å². The lowest BCUT2D eigenvalue weighted by Gasteiger charge is -2.08. The molecule has 1 amide bonds. The van der Waals surface area contributed by atoms with E-state index in [0.29, 0.717) is 10.2 Å². The summed E-state index contributed by atoms with van der Waals surface area (Å²) in [6, 6.07) is 7.15. The van der Waals surface area contributed by atoms with Gasteiger partial charge in [0.15, 0.2) is 5.16 Å². The van der Waals surface area contributed by atoms with Gasteiger partial charge in [0, 0.05) is 23.1 Å². The van der Waals surface area contributed by atoms with Crippen LogP contribution in [0.3, 0.4) is 0 Å². The average Bonchev–Trinajstić information content (AvgIpc) is 2.43. The molecule has 6 heteroatoms. The standard InChI is InChI=1S/C13H12ClN3OS/c1-9-10(14)4-2-5-11(9)17-12(18)8-19-13-15-6-3-7-16-13/h2-7H,8H2,1H3,(H,17,18). The maximum absolute atomic E-state index is 11.8. The number of hydrogen-bond donors (Lipinski definition) is 1. The van der Waals surface area contributed by atoms with Crippen molar-refractivity contribution in [3.05, 3.63) is 47.2 Å². The highest BCUT2D eigenvalue weighted by molar-refractivity contribution is 7.99. The number of rotatable bonds is 4. The molecule has 0 aliphatic carbocycles. The summed E-state index contributed by atoms with van der Waals surface area (Å²) < 4.78 is 0. The first kappa shape index (κ1) is 13.8. The van der Waals surface area contributed by atoms with Crippen LogP contribution in [0.5, 0.6) is 0 Å². The molecule has 0 radical (unpaired) electrons. The molecule has 0 aliphatic rings. The zero-order valence-electron chi connectivity index (χ0n) is 10.3. The van der Waals surface area contributed by atoms with E-state index in [1.807, 2.05) is 13.0 Å². The molecule has 0 atom stereocenters. The molecule has 4 nitrogen and oxygen atoms in total. The molecule has 19 heavy (non-hydrogen) atoms. The lowest BCUT2D eigenvalue weighted by atomic mass is 10.2. The number of hydrogen-bond acceptors (Lipinski definition) is 4. The molecule has 1 N–H and O–H groups in total. The molecule has 0 aliphatic heterocycles. The highest BCUT2D eigenvalue weighted by Crippen LogP contribution is 2.23. The number of halogens is 1. The minimum Gasteiger partial charge on any atom is -0.325 e.